The number of carbonyl (C=O) groups is 1. The van der Waals surface area contributed by atoms with Crippen LogP contribution in [0, 0.1) is 0 Å². The van der Waals surface area contributed by atoms with Gasteiger partial charge in [-0.1, -0.05) is 0 Å². The first-order chi connectivity index (χ1) is 9.03. The first-order valence-electron chi connectivity index (χ1n) is 6.21. The van der Waals surface area contributed by atoms with Gasteiger partial charge in [-0.15, -0.1) is 0 Å². The van der Waals surface area contributed by atoms with Crippen molar-refractivity contribution in [2.75, 3.05) is 13.1 Å². The maximum atomic E-state index is 12.0. The summed E-state index contributed by atoms with van der Waals surface area (Å²) in [6, 6.07) is 1.14. The zero-order valence-electron chi connectivity index (χ0n) is 11.4. The van der Waals surface area contributed by atoms with Gasteiger partial charge in [0, 0.05) is 19.2 Å². The number of ether oxygens (including phenoxy) is 1. The monoisotopic (exact) mass is 269 g/mol. The number of aliphatic hydroxyl groups is 1. The molecule has 0 saturated carbocycles. The Hall–Kier alpha value is -1.82. The number of amides is 1. The molecule has 1 rings (SSSR count). The molecular weight excluding hydrogens is 250 g/mol. The van der Waals surface area contributed by atoms with Crippen LogP contribution in [-0.2, 0) is 11.4 Å². The summed E-state index contributed by atoms with van der Waals surface area (Å²) in [4.78, 5) is 25.2. The number of nitrogens with zero attached hydrogens (tertiary/aromatic N) is 1. The summed E-state index contributed by atoms with van der Waals surface area (Å²) in [5, 5.41) is 8.83. The van der Waals surface area contributed by atoms with Gasteiger partial charge in [-0.05, 0) is 20.8 Å². The fourth-order valence-electron chi connectivity index (χ4n) is 1.64. The van der Waals surface area contributed by atoms with Crippen LogP contribution in [0.2, 0.25) is 0 Å². The van der Waals surface area contributed by atoms with Gasteiger partial charge in [-0.3, -0.25) is 9.59 Å². The lowest BCUT2D eigenvalue weighted by Gasteiger charge is -2.22. The summed E-state index contributed by atoms with van der Waals surface area (Å²) >= 11 is 0. The summed E-state index contributed by atoms with van der Waals surface area (Å²) in [6.07, 6.45) is 0.350. The third-order valence-corrected chi connectivity index (χ3v) is 2.73. The molecule has 0 aliphatic heterocycles. The lowest BCUT2D eigenvalue weighted by atomic mass is 10.3. The largest absolute Gasteiger partial charge is 0.474 e. The standard InChI is InChI=1S/C13H19NO5/c1-4-14(5-2)13(17)9(3)19-12-8-18-10(7-15)6-11(12)16/h6,8-9,15H,4-5,7H2,1-3H3. The van der Waals surface area contributed by atoms with Crippen molar-refractivity contribution in [1.82, 2.24) is 4.90 Å². The molecule has 0 aliphatic rings. The zero-order chi connectivity index (χ0) is 14.4. The van der Waals surface area contributed by atoms with Crippen molar-refractivity contribution in [2.45, 2.75) is 33.5 Å². The Kier molecular flexibility index (Phi) is 5.57. The molecule has 0 saturated heterocycles. The van der Waals surface area contributed by atoms with Crippen molar-refractivity contribution >= 4 is 5.91 Å². The molecule has 6 nitrogen and oxygen atoms in total. The van der Waals surface area contributed by atoms with E-state index in [1.54, 1.807) is 11.8 Å². The van der Waals surface area contributed by atoms with Gasteiger partial charge in [0.25, 0.3) is 5.91 Å². The van der Waals surface area contributed by atoms with E-state index in [1.165, 1.54) is 0 Å². The second-order valence-corrected chi connectivity index (χ2v) is 4.00. The summed E-state index contributed by atoms with van der Waals surface area (Å²) in [5.74, 6) is -0.0686. The van der Waals surface area contributed by atoms with Crippen LogP contribution in [0.1, 0.15) is 26.5 Å². The maximum absolute atomic E-state index is 12.0. The molecule has 0 aromatic carbocycles. The molecule has 1 N–H and O–H groups in total. The molecule has 6 heteroatoms. The second-order valence-electron chi connectivity index (χ2n) is 4.00. The topological polar surface area (TPSA) is 80.0 Å². The van der Waals surface area contributed by atoms with E-state index >= 15 is 0 Å². The third kappa shape index (κ3) is 3.82. The van der Waals surface area contributed by atoms with E-state index in [9.17, 15) is 9.59 Å². The first-order valence-corrected chi connectivity index (χ1v) is 6.21. The lowest BCUT2D eigenvalue weighted by molar-refractivity contribution is -0.137. The molecule has 1 aromatic rings. The zero-order valence-corrected chi connectivity index (χ0v) is 11.4. The minimum Gasteiger partial charge on any atom is -0.474 e. The Bertz CT molecular complexity index is 478. The molecular formula is C13H19NO5. The van der Waals surface area contributed by atoms with Gasteiger partial charge in [0.05, 0.1) is 0 Å². The average Bonchev–Trinajstić information content (AvgIpc) is 2.42. The van der Waals surface area contributed by atoms with Crippen LogP contribution >= 0.6 is 0 Å². The minimum atomic E-state index is -0.761. The Balaban J connectivity index is 2.79. The van der Waals surface area contributed by atoms with Crippen LogP contribution in [0.4, 0.5) is 0 Å². The fraction of sp³-hybridized carbons (Fsp3) is 0.538. The molecule has 19 heavy (non-hydrogen) atoms. The third-order valence-electron chi connectivity index (χ3n) is 2.73. The van der Waals surface area contributed by atoms with Crippen LogP contribution in [0.15, 0.2) is 21.5 Å². The Morgan fingerprint density at radius 1 is 1.47 bits per heavy atom. The predicted molar refractivity (Wildman–Crippen MR) is 68.9 cm³/mol. The van der Waals surface area contributed by atoms with Gasteiger partial charge in [0.2, 0.25) is 11.2 Å². The molecule has 0 aliphatic carbocycles. The van der Waals surface area contributed by atoms with Crippen LogP contribution < -0.4 is 10.2 Å². The molecule has 1 unspecified atom stereocenters. The molecule has 0 spiro atoms. The van der Waals surface area contributed by atoms with E-state index in [-0.39, 0.29) is 24.0 Å². The number of hydrogen-bond donors (Lipinski definition) is 1. The highest BCUT2D eigenvalue weighted by atomic mass is 16.5. The van der Waals surface area contributed by atoms with Crippen LogP contribution in [0.25, 0.3) is 0 Å². The summed E-state index contributed by atoms with van der Waals surface area (Å²) in [6.45, 7) is 6.14. The first kappa shape index (κ1) is 15.2. The highest BCUT2D eigenvalue weighted by Gasteiger charge is 2.21. The molecule has 0 radical (unpaired) electrons. The molecule has 1 aromatic heterocycles. The van der Waals surface area contributed by atoms with E-state index in [0.717, 1.165) is 12.3 Å². The number of carbonyl (C=O) groups excluding carboxylic acids is 1. The van der Waals surface area contributed by atoms with Crippen molar-refractivity contribution in [3.63, 3.8) is 0 Å². The van der Waals surface area contributed by atoms with Crippen molar-refractivity contribution in [3.05, 3.63) is 28.3 Å². The molecule has 1 atom stereocenters. The molecule has 0 fully saturated rings. The summed E-state index contributed by atoms with van der Waals surface area (Å²) in [5.41, 5.74) is -0.422. The van der Waals surface area contributed by atoms with Gasteiger partial charge < -0.3 is 19.2 Å². The van der Waals surface area contributed by atoms with Gasteiger partial charge in [-0.2, -0.15) is 0 Å². The SMILES string of the molecule is CCN(CC)C(=O)C(C)Oc1coc(CO)cc1=O. The summed E-state index contributed by atoms with van der Waals surface area (Å²) in [7, 11) is 0. The van der Waals surface area contributed by atoms with E-state index in [1.807, 2.05) is 13.8 Å². The van der Waals surface area contributed by atoms with E-state index < -0.39 is 11.5 Å². The van der Waals surface area contributed by atoms with Gasteiger partial charge in [0.1, 0.15) is 18.6 Å². The molecule has 106 valence electrons. The number of aliphatic hydroxyl groups excluding tert-OH is 1. The van der Waals surface area contributed by atoms with E-state index in [2.05, 4.69) is 0 Å². The maximum Gasteiger partial charge on any atom is 0.263 e. The number of hydrogen-bond acceptors (Lipinski definition) is 5. The van der Waals surface area contributed by atoms with Crippen LogP contribution in [0.3, 0.4) is 0 Å². The number of rotatable bonds is 6. The molecule has 0 bridgehead atoms. The minimum absolute atomic E-state index is 0.0368. The Morgan fingerprint density at radius 3 is 2.58 bits per heavy atom. The Morgan fingerprint density at radius 2 is 2.11 bits per heavy atom. The quantitative estimate of drug-likeness (QED) is 0.825. The van der Waals surface area contributed by atoms with E-state index in [0.29, 0.717) is 13.1 Å². The normalized spacial score (nSPS) is 12.0. The number of likely N-dealkylation sites (N-methyl/N-ethyl adjacent to an activating group) is 1. The van der Waals surface area contributed by atoms with Crippen molar-refractivity contribution in [2.24, 2.45) is 0 Å². The average molecular weight is 269 g/mol. The van der Waals surface area contributed by atoms with Crippen molar-refractivity contribution in [1.29, 1.82) is 0 Å². The van der Waals surface area contributed by atoms with Gasteiger partial charge >= 0.3 is 0 Å². The lowest BCUT2D eigenvalue weighted by Crippen LogP contribution is -2.40. The van der Waals surface area contributed by atoms with E-state index in [4.69, 9.17) is 14.3 Å². The van der Waals surface area contributed by atoms with Crippen molar-refractivity contribution < 1.29 is 19.1 Å². The predicted octanol–water partition coefficient (Wildman–Crippen LogP) is 0.768. The fourth-order valence-corrected chi connectivity index (χ4v) is 1.64. The van der Waals surface area contributed by atoms with Crippen LogP contribution in [-0.4, -0.2) is 35.1 Å². The molecule has 1 heterocycles. The van der Waals surface area contributed by atoms with Gasteiger partial charge in [-0.25, -0.2) is 0 Å². The highest BCUT2D eigenvalue weighted by Crippen LogP contribution is 2.09. The molecule has 1 amide bonds. The second kappa shape index (κ2) is 6.94. The highest BCUT2D eigenvalue weighted by molar-refractivity contribution is 5.80. The van der Waals surface area contributed by atoms with Crippen molar-refractivity contribution in [3.8, 4) is 5.75 Å². The Labute approximate surface area is 111 Å². The summed E-state index contributed by atoms with van der Waals surface area (Å²) < 4.78 is 10.3. The van der Waals surface area contributed by atoms with Gasteiger partial charge in [0.15, 0.2) is 6.10 Å². The smallest absolute Gasteiger partial charge is 0.263 e. The van der Waals surface area contributed by atoms with Crippen LogP contribution in [0.5, 0.6) is 5.75 Å².